The van der Waals surface area contributed by atoms with Gasteiger partial charge in [0.15, 0.2) is 0 Å². The van der Waals surface area contributed by atoms with Gasteiger partial charge in [-0.3, -0.25) is 0 Å². The summed E-state index contributed by atoms with van der Waals surface area (Å²) in [6, 6.07) is 8.49. The van der Waals surface area contributed by atoms with Crippen molar-refractivity contribution in [3.05, 3.63) is 36.7 Å². The number of H-pyrrole nitrogens is 1. The Bertz CT molecular complexity index is 458. The molecule has 1 aliphatic rings. The van der Waals surface area contributed by atoms with Crippen LogP contribution in [0.2, 0.25) is 0 Å². The first-order valence-corrected chi connectivity index (χ1v) is 5.86. The number of hydrogen-bond acceptors (Lipinski definition) is 3. The molecule has 1 aromatic carbocycles. The highest BCUT2D eigenvalue weighted by Gasteiger charge is 2.11. The van der Waals surface area contributed by atoms with Crippen molar-refractivity contribution < 1.29 is 4.74 Å². The van der Waals surface area contributed by atoms with Crippen LogP contribution in [0.3, 0.4) is 0 Å². The van der Waals surface area contributed by atoms with E-state index >= 15 is 0 Å². The summed E-state index contributed by atoms with van der Waals surface area (Å²) in [7, 11) is 0. The highest BCUT2D eigenvalue weighted by Crippen LogP contribution is 2.21. The summed E-state index contributed by atoms with van der Waals surface area (Å²) in [5, 5.41) is 0. The van der Waals surface area contributed by atoms with E-state index in [0.717, 1.165) is 37.7 Å². The quantitative estimate of drug-likeness (QED) is 0.855. The molecule has 0 radical (unpaired) electrons. The van der Waals surface area contributed by atoms with Gasteiger partial charge in [0.05, 0.1) is 13.2 Å². The number of morpholine rings is 1. The van der Waals surface area contributed by atoms with E-state index in [1.807, 2.05) is 6.20 Å². The summed E-state index contributed by atoms with van der Waals surface area (Å²) in [6.07, 6.45) is 3.61. The fraction of sp³-hybridized carbons (Fsp3) is 0.308. The summed E-state index contributed by atoms with van der Waals surface area (Å²) >= 11 is 0. The van der Waals surface area contributed by atoms with Crippen molar-refractivity contribution in [1.29, 1.82) is 0 Å². The lowest BCUT2D eigenvalue weighted by Crippen LogP contribution is -2.36. The first kappa shape index (κ1) is 10.4. The molecule has 17 heavy (non-hydrogen) atoms. The molecule has 4 heteroatoms. The van der Waals surface area contributed by atoms with E-state index in [4.69, 9.17) is 4.74 Å². The monoisotopic (exact) mass is 229 g/mol. The summed E-state index contributed by atoms with van der Waals surface area (Å²) in [5.74, 6) is 0.915. The number of ether oxygens (including phenoxy) is 1. The Morgan fingerprint density at radius 3 is 2.53 bits per heavy atom. The molecule has 1 aliphatic heterocycles. The van der Waals surface area contributed by atoms with Gasteiger partial charge < -0.3 is 14.6 Å². The molecule has 4 nitrogen and oxygen atoms in total. The molecule has 0 saturated carbocycles. The molecule has 88 valence electrons. The maximum absolute atomic E-state index is 5.35. The molecule has 1 saturated heterocycles. The largest absolute Gasteiger partial charge is 0.378 e. The van der Waals surface area contributed by atoms with E-state index in [0.29, 0.717) is 0 Å². The molecule has 2 heterocycles. The second-order valence-electron chi connectivity index (χ2n) is 4.08. The van der Waals surface area contributed by atoms with Crippen molar-refractivity contribution in [1.82, 2.24) is 9.97 Å². The maximum atomic E-state index is 5.35. The van der Waals surface area contributed by atoms with Crippen LogP contribution in [0.15, 0.2) is 36.7 Å². The third-order valence-electron chi connectivity index (χ3n) is 3.02. The minimum Gasteiger partial charge on any atom is -0.378 e. The molecule has 1 fully saturated rings. The van der Waals surface area contributed by atoms with Gasteiger partial charge in [-0.15, -0.1) is 0 Å². The number of benzene rings is 1. The fourth-order valence-electron chi connectivity index (χ4n) is 2.07. The normalized spacial score (nSPS) is 16.1. The van der Waals surface area contributed by atoms with Crippen molar-refractivity contribution in [3.63, 3.8) is 0 Å². The minimum absolute atomic E-state index is 0.819. The van der Waals surface area contributed by atoms with E-state index < -0.39 is 0 Å². The third-order valence-corrected chi connectivity index (χ3v) is 3.02. The van der Waals surface area contributed by atoms with Crippen LogP contribution in [-0.4, -0.2) is 36.3 Å². The zero-order valence-electron chi connectivity index (χ0n) is 9.60. The molecule has 0 unspecified atom stereocenters. The average Bonchev–Trinajstić information content (AvgIpc) is 2.94. The van der Waals surface area contributed by atoms with Gasteiger partial charge in [-0.05, 0) is 24.3 Å². The molecule has 2 aromatic rings. The SMILES string of the molecule is c1c[nH]c(-c2ccc(N3CCOCC3)cc2)n1. The molecule has 1 aromatic heterocycles. The lowest BCUT2D eigenvalue weighted by atomic mass is 10.2. The van der Waals surface area contributed by atoms with E-state index in [9.17, 15) is 0 Å². The van der Waals surface area contributed by atoms with Crippen LogP contribution < -0.4 is 4.90 Å². The predicted molar refractivity (Wildman–Crippen MR) is 67.1 cm³/mol. The molecule has 0 spiro atoms. The van der Waals surface area contributed by atoms with Crippen LogP contribution in [0, 0.1) is 0 Å². The van der Waals surface area contributed by atoms with Crippen molar-refractivity contribution in [2.75, 3.05) is 31.2 Å². The van der Waals surface area contributed by atoms with Crippen LogP contribution in [-0.2, 0) is 4.74 Å². The van der Waals surface area contributed by atoms with Crippen LogP contribution in [0.25, 0.3) is 11.4 Å². The number of nitrogens with zero attached hydrogens (tertiary/aromatic N) is 2. The topological polar surface area (TPSA) is 41.2 Å². The van der Waals surface area contributed by atoms with Crippen molar-refractivity contribution >= 4 is 5.69 Å². The lowest BCUT2D eigenvalue weighted by molar-refractivity contribution is 0.122. The summed E-state index contributed by atoms with van der Waals surface area (Å²) < 4.78 is 5.35. The van der Waals surface area contributed by atoms with E-state index in [2.05, 4.69) is 39.1 Å². The molecule has 0 aliphatic carbocycles. The third kappa shape index (κ3) is 2.17. The highest BCUT2D eigenvalue weighted by atomic mass is 16.5. The second-order valence-corrected chi connectivity index (χ2v) is 4.08. The zero-order chi connectivity index (χ0) is 11.5. The Balaban J connectivity index is 1.80. The molecule has 0 atom stereocenters. The molecule has 1 N–H and O–H groups in total. The molecular weight excluding hydrogens is 214 g/mol. The van der Waals surface area contributed by atoms with Crippen molar-refractivity contribution in [3.8, 4) is 11.4 Å². The Hall–Kier alpha value is -1.81. The molecule has 0 amide bonds. The number of aromatic nitrogens is 2. The summed E-state index contributed by atoms with van der Waals surface area (Å²) in [4.78, 5) is 9.69. The van der Waals surface area contributed by atoms with Gasteiger partial charge in [0.1, 0.15) is 5.82 Å². The molecule has 3 rings (SSSR count). The van der Waals surface area contributed by atoms with Crippen molar-refractivity contribution in [2.45, 2.75) is 0 Å². The van der Waals surface area contributed by atoms with Crippen LogP contribution in [0.4, 0.5) is 5.69 Å². The predicted octanol–water partition coefficient (Wildman–Crippen LogP) is 1.91. The Morgan fingerprint density at radius 2 is 1.88 bits per heavy atom. The Morgan fingerprint density at radius 1 is 1.12 bits per heavy atom. The summed E-state index contributed by atoms with van der Waals surface area (Å²) in [6.45, 7) is 3.58. The fourth-order valence-corrected chi connectivity index (χ4v) is 2.07. The Kier molecular flexibility index (Phi) is 2.80. The van der Waals surface area contributed by atoms with Crippen LogP contribution in [0.5, 0.6) is 0 Å². The Labute approximate surface area is 100 Å². The van der Waals surface area contributed by atoms with Gasteiger partial charge in [0.25, 0.3) is 0 Å². The number of aromatic amines is 1. The number of hydrogen-bond donors (Lipinski definition) is 1. The average molecular weight is 229 g/mol. The first-order valence-electron chi connectivity index (χ1n) is 5.86. The molecule has 0 bridgehead atoms. The van der Waals surface area contributed by atoms with Gasteiger partial charge in [-0.25, -0.2) is 4.98 Å². The number of anilines is 1. The van der Waals surface area contributed by atoms with E-state index in [1.54, 1.807) is 6.20 Å². The number of rotatable bonds is 2. The van der Waals surface area contributed by atoms with E-state index in [-0.39, 0.29) is 0 Å². The van der Waals surface area contributed by atoms with Gasteiger partial charge in [0, 0.05) is 36.7 Å². The lowest BCUT2D eigenvalue weighted by Gasteiger charge is -2.28. The first-order chi connectivity index (χ1) is 8.43. The minimum atomic E-state index is 0.819. The maximum Gasteiger partial charge on any atom is 0.137 e. The van der Waals surface area contributed by atoms with Gasteiger partial charge in [0.2, 0.25) is 0 Å². The van der Waals surface area contributed by atoms with E-state index in [1.165, 1.54) is 5.69 Å². The number of nitrogens with one attached hydrogen (secondary N) is 1. The van der Waals surface area contributed by atoms with Crippen molar-refractivity contribution in [2.24, 2.45) is 0 Å². The number of imidazole rings is 1. The second kappa shape index (κ2) is 4.59. The summed E-state index contributed by atoms with van der Waals surface area (Å²) in [5.41, 5.74) is 2.37. The van der Waals surface area contributed by atoms with Crippen LogP contribution >= 0.6 is 0 Å². The zero-order valence-corrected chi connectivity index (χ0v) is 9.60. The van der Waals surface area contributed by atoms with Gasteiger partial charge >= 0.3 is 0 Å². The standard InChI is InChI=1S/C13H15N3O/c1-3-12(16-7-9-17-10-8-16)4-2-11(1)13-14-5-6-15-13/h1-6H,7-10H2,(H,14,15). The highest BCUT2D eigenvalue weighted by molar-refractivity contribution is 5.60. The smallest absolute Gasteiger partial charge is 0.137 e. The van der Waals surface area contributed by atoms with Gasteiger partial charge in [-0.1, -0.05) is 0 Å². The molecular formula is C13H15N3O. The van der Waals surface area contributed by atoms with Gasteiger partial charge in [-0.2, -0.15) is 0 Å². The van der Waals surface area contributed by atoms with Crippen LogP contribution in [0.1, 0.15) is 0 Å².